The molecule has 4 rings (SSSR count). The molecule has 15 heteroatoms. The molecule has 2 aromatic carbocycles. The summed E-state index contributed by atoms with van der Waals surface area (Å²) in [6.07, 6.45) is -5.14. The minimum Gasteiger partial charge on any atom is -0.459 e. The third kappa shape index (κ3) is 6.91. The van der Waals surface area contributed by atoms with Crippen molar-refractivity contribution >= 4 is 66.2 Å². The summed E-state index contributed by atoms with van der Waals surface area (Å²) in [5.74, 6) is -1.73. The summed E-state index contributed by atoms with van der Waals surface area (Å²) >= 11 is 10.2. The summed E-state index contributed by atoms with van der Waals surface area (Å²) in [5.41, 5.74) is -0.935. The molecule has 0 atom stereocenters. The van der Waals surface area contributed by atoms with E-state index in [9.17, 15) is 27.2 Å². The van der Waals surface area contributed by atoms with Crippen LogP contribution in [0.2, 0.25) is 5.02 Å². The normalized spacial score (nSPS) is 11.3. The molecule has 0 aliphatic rings. The van der Waals surface area contributed by atoms with Gasteiger partial charge in [0.15, 0.2) is 10.8 Å². The van der Waals surface area contributed by atoms with E-state index in [2.05, 4.69) is 31.3 Å². The van der Waals surface area contributed by atoms with Crippen molar-refractivity contribution in [2.24, 2.45) is 7.05 Å². The second-order valence-corrected chi connectivity index (χ2v) is 10.7. The lowest BCUT2D eigenvalue weighted by Gasteiger charge is -2.11. The topological polar surface area (TPSA) is 89.3 Å². The number of amides is 2. The second kappa shape index (κ2) is 12.5. The molecule has 0 aliphatic carbocycles. The monoisotopic (exact) mass is 663 g/mol. The average molecular weight is 665 g/mol. The van der Waals surface area contributed by atoms with E-state index >= 15 is 0 Å². The molecule has 0 saturated heterocycles. The predicted molar refractivity (Wildman–Crippen MR) is 149 cm³/mol. The molecule has 4 aromatic rings. The predicted octanol–water partition coefficient (Wildman–Crippen LogP) is 7.30. The maximum atomic E-state index is 14.3. The molecule has 2 aromatic heterocycles. The minimum atomic E-state index is -4.69. The lowest BCUT2D eigenvalue weighted by molar-refractivity contribution is -0.144. The fourth-order valence-electron chi connectivity index (χ4n) is 3.40. The van der Waals surface area contributed by atoms with E-state index in [1.54, 1.807) is 27.9 Å². The van der Waals surface area contributed by atoms with Crippen molar-refractivity contribution in [2.75, 3.05) is 19.0 Å². The molecule has 2 heterocycles. The zero-order valence-corrected chi connectivity index (χ0v) is 24.9. The van der Waals surface area contributed by atoms with Crippen LogP contribution in [0, 0.1) is 5.82 Å². The molecule has 0 fully saturated rings. The molecule has 1 N–H and O–H groups in total. The van der Waals surface area contributed by atoms with E-state index in [0.717, 1.165) is 29.4 Å². The number of benzene rings is 2. The largest absolute Gasteiger partial charge is 0.459 e. The van der Waals surface area contributed by atoms with Gasteiger partial charge in [-0.15, -0.1) is 0 Å². The number of thiazole rings is 1. The van der Waals surface area contributed by atoms with Crippen LogP contribution in [0.1, 0.15) is 29.9 Å². The number of ether oxygens (including phenoxy) is 1. The van der Waals surface area contributed by atoms with E-state index < -0.39 is 34.2 Å². The van der Waals surface area contributed by atoms with Crippen molar-refractivity contribution in [1.29, 1.82) is 0 Å². The molecule has 8 nitrogen and oxygen atoms in total. The van der Waals surface area contributed by atoms with Crippen LogP contribution in [-0.2, 0) is 18.0 Å². The first-order valence-electron chi connectivity index (χ1n) is 11.5. The highest BCUT2D eigenvalue weighted by Gasteiger charge is 2.39. The van der Waals surface area contributed by atoms with Crippen molar-refractivity contribution in [2.45, 2.75) is 26.1 Å². The Morgan fingerprint density at radius 3 is 2.42 bits per heavy atom. The van der Waals surface area contributed by atoms with Crippen LogP contribution in [0.4, 0.5) is 27.5 Å². The van der Waals surface area contributed by atoms with E-state index in [4.69, 9.17) is 16.3 Å². The Kier molecular flexibility index (Phi) is 9.80. The fourth-order valence-corrected chi connectivity index (χ4v) is 5.33. The van der Waals surface area contributed by atoms with Gasteiger partial charge < -0.3 is 10.1 Å². The number of fused-ring (bicyclic) bond motifs is 1. The van der Waals surface area contributed by atoms with Gasteiger partial charge in [0.25, 0.3) is 0 Å². The number of halogens is 6. The molecular formula is C25H23BrClF4N5O3S. The van der Waals surface area contributed by atoms with Gasteiger partial charge in [-0.1, -0.05) is 35.1 Å². The first kappa shape index (κ1) is 31.3. The number of hydrogen-bond acceptors (Lipinski definition) is 6. The molecule has 2 amide bonds. The van der Waals surface area contributed by atoms with Gasteiger partial charge >= 0.3 is 18.2 Å². The maximum absolute atomic E-state index is 14.3. The Labute approximate surface area is 244 Å². The molecule has 0 saturated carbocycles. The van der Waals surface area contributed by atoms with Crippen molar-refractivity contribution in [3.8, 4) is 11.3 Å². The first-order valence-corrected chi connectivity index (χ1v) is 13.5. The average Bonchev–Trinajstić information content (AvgIpc) is 3.43. The number of aryl methyl sites for hydroxylation is 1. The Balaban J connectivity index is 0.000000249. The van der Waals surface area contributed by atoms with Gasteiger partial charge in [0, 0.05) is 26.7 Å². The van der Waals surface area contributed by atoms with Gasteiger partial charge in [-0.05, 0) is 54.0 Å². The van der Waals surface area contributed by atoms with E-state index in [1.807, 2.05) is 24.3 Å². The molecule has 0 bridgehead atoms. The first-order chi connectivity index (χ1) is 18.6. The fraction of sp³-hybridized carbons (Fsp3) is 0.280. The number of carbonyl (C=O) groups is 2. The van der Waals surface area contributed by atoms with Crippen LogP contribution in [0.15, 0.2) is 40.9 Å². The molecular weight excluding hydrogens is 642 g/mol. The highest BCUT2D eigenvalue weighted by molar-refractivity contribution is 9.10. The number of carbonyl (C=O) groups excluding carboxylic acids is 2. The highest BCUT2D eigenvalue weighted by Crippen LogP contribution is 2.41. The molecule has 0 radical (unpaired) electrons. The van der Waals surface area contributed by atoms with E-state index in [-0.39, 0.29) is 27.9 Å². The van der Waals surface area contributed by atoms with Gasteiger partial charge in [0.1, 0.15) is 11.5 Å². The molecule has 40 heavy (non-hydrogen) atoms. The van der Waals surface area contributed by atoms with Gasteiger partial charge in [0.2, 0.25) is 0 Å². The van der Waals surface area contributed by atoms with Gasteiger partial charge in [0.05, 0.1) is 31.4 Å². The lowest BCUT2D eigenvalue weighted by Crippen LogP contribution is -2.34. The number of aromatic nitrogens is 3. The number of urea groups is 1. The SMILES string of the molecule is CC(C)OC(=O)c1cc(-c2nn(C)c(C(F)(F)F)c2Br)c(F)cc1Cl.CNC(=O)N(C)c1nc2ccccc2s1. The van der Waals surface area contributed by atoms with Crippen LogP contribution < -0.4 is 10.2 Å². The van der Waals surface area contributed by atoms with Gasteiger partial charge in [-0.2, -0.15) is 18.3 Å². The van der Waals surface area contributed by atoms with Crippen LogP contribution in [0.3, 0.4) is 0 Å². The maximum Gasteiger partial charge on any atom is 0.434 e. The molecule has 214 valence electrons. The molecule has 0 unspecified atom stereocenters. The summed E-state index contributed by atoms with van der Waals surface area (Å²) < 4.78 is 59.7. The van der Waals surface area contributed by atoms with Crippen molar-refractivity contribution in [3.05, 3.63) is 63.0 Å². The van der Waals surface area contributed by atoms with E-state index in [1.165, 1.54) is 16.2 Å². The van der Waals surface area contributed by atoms with Crippen LogP contribution in [0.25, 0.3) is 21.5 Å². The Morgan fingerprint density at radius 1 is 1.23 bits per heavy atom. The highest BCUT2D eigenvalue weighted by atomic mass is 79.9. The third-order valence-electron chi connectivity index (χ3n) is 5.22. The summed E-state index contributed by atoms with van der Waals surface area (Å²) in [6.45, 7) is 3.22. The smallest absolute Gasteiger partial charge is 0.434 e. The van der Waals surface area contributed by atoms with Crippen molar-refractivity contribution in [1.82, 2.24) is 20.1 Å². The Hall–Kier alpha value is -3.23. The number of hydrogen-bond donors (Lipinski definition) is 1. The van der Waals surface area contributed by atoms with Crippen molar-refractivity contribution in [3.63, 3.8) is 0 Å². The van der Waals surface area contributed by atoms with E-state index in [0.29, 0.717) is 9.81 Å². The number of alkyl halides is 3. The minimum absolute atomic E-state index is 0.158. The summed E-state index contributed by atoms with van der Waals surface area (Å²) in [6, 6.07) is 9.53. The number of esters is 1. The summed E-state index contributed by atoms with van der Waals surface area (Å²) in [4.78, 5) is 29.3. The van der Waals surface area contributed by atoms with Crippen molar-refractivity contribution < 1.29 is 31.9 Å². The van der Waals surface area contributed by atoms with Crippen LogP contribution in [-0.4, -0.2) is 47.0 Å². The Bertz CT molecular complexity index is 1520. The third-order valence-corrected chi connectivity index (χ3v) is 7.40. The standard InChI is InChI=1S/C15H12BrClF4N2O2.C10H11N3OS/c1-6(2)25-14(24)7-4-8(10(18)5-9(7)17)12-11(16)13(15(19,20)21)23(3)22-12;1-11-9(14)13(2)10-12-7-5-3-4-6-8(7)15-10/h4-6H,1-3H3;3-6H,1-2H3,(H,11,14). The van der Waals surface area contributed by atoms with Gasteiger partial charge in [-0.25, -0.2) is 19.0 Å². The number of para-hydroxylation sites is 1. The number of rotatable bonds is 4. The summed E-state index contributed by atoms with van der Waals surface area (Å²) in [5, 5.41) is 6.77. The quantitative estimate of drug-likeness (QED) is 0.183. The number of anilines is 1. The number of nitrogens with zero attached hydrogens (tertiary/aromatic N) is 4. The molecule has 0 spiro atoms. The number of nitrogens with one attached hydrogen (secondary N) is 1. The summed E-state index contributed by atoms with van der Waals surface area (Å²) in [7, 11) is 4.39. The molecule has 0 aliphatic heterocycles. The van der Waals surface area contributed by atoms with Crippen LogP contribution >= 0.6 is 38.9 Å². The zero-order chi connectivity index (χ0) is 29.9. The van der Waals surface area contributed by atoms with Crippen LogP contribution in [0.5, 0.6) is 0 Å². The zero-order valence-electron chi connectivity index (χ0n) is 21.7. The Morgan fingerprint density at radius 2 is 1.88 bits per heavy atom. The van der Waals surface area contributed by atoms with Gasteiger partial charge in [-0.3, -0.25) is 9.58 Å². The lowest BCUT2D eigenvalue weighted by atomic mass is 10.1. The second-order valence-electron chi connectivity index (χ2n) is 8.48.